The Kier molecular flexibility index (Phi) is 9.81. The lowest BCUT2D eigenvalue weighted by Gasteiger charge is -2.30. The summed E-state index contributed by atoms with van der Waals surface area (Å²) in [7, 11) is 0. The minimum absolute atomic E-state index is 0.130. The van der Waals surface area contributed by atoms with Crippen LogP contribution in [-0.2, 0) is 24.0 Å². The van der Waals surface area contributed by atoms with Crippen LogP contribution in [0.3, 0.4) is 0 Å². The molecule has 6 atom stereocenters. The number of hydrogen-bond donors (Lipinski definition) is 7. The number of carbonyl (C=O) groups is 5. The van der Waals surface area contributed by atoms with Gasteiger partial charge < -0.3 is 41.7 Å². The normalized spacial score (nSPS) is 20.8. The van der Waals surface area contributed by atoms with Crippen molar-refractivity contribution in [1.82, 2.24) is 15.5 Å². The topological polar surface area (TPSA) is 220 Å². The molecule has 0 aliphatic carbocycles. The van der Waals surface area contributed by atoms with E-state index in [1.54, 1.807) is 0 Å². The maximum Gasteiger partial charge on any atom is 0.328 e. The molecule has 0 saturated carbocycles. The summed E-state index contributed by atoms with van der Waals surface area (Å²) in [5, 5.41) is 41.6. The van der Waals surface area contributed by atoms with Crippen molar-refractivity contribution in [2.75, 3.05) is 6.54 Å². The van der Waals surface area contributed by atoms with Crippen LogP contribution in [0.2, 0.25) is 0 Å². The van der Waals surface area contributed by atoms with Gasteiger partial charge in [0.2, 0.25) is 17.7 Å². The summed E-state index contributed by atoms with van der Waals surface area (Å²) in [5.74, 6) is -5.03. The van der Waals surface area contributed by atoms with Crippen LogP contribution in [0, 0.1) is 0 Å². The maximum absolute atomic E-state index is 13.0. The molecule has 0 radical (unpaired) electrons. The summed E-state index contributed by atoms with van der Waals surface area (Å²) in [6.07, 6.45) is -2.68. The second-order valence-corrected chi connectivity index (χ2v) is 7.51. The van der Waals surface area contributed by atoms with Crippen molar-refractivity contribution in [3.63, 3.8) is 0 Å². The third-order valence-corrected chi connectivity index (χ3v) is 4.97. The number of rotatable bonds is 11. The summed E-state index contributed by atoms with van der Waals surface area (Å²) in [6.45, 7) is 2.60. The minimum atomic E-state index is -1.57. The lowest BCUT2D eigenvalue weighted by molar-refractivity contribution is -0.147. The number of hydrogen-bond acceptors (Lipinski definition) is 8. The summed E-state index contributed by atoms with van der Waals surface area (Å²) in [5.41, 5.74) is 5.56. The number of aliphatic carboxylic acids is 2. The summed E-state index contributed by atoms with van der Waals surface area (Å²) < 4.78 is 0. The van der Waals surface area contributed by atoms with E-state index in [0.717, 1.165) is 4.90 Å². The molecule has 8 N–H and O–H groups in total. The molecule has 1 aliphatic heterocycles. The smallest absolute Gasteiger partial charge is 0.328 e. The van der Waals surface area contributed by atoms with Gasteiger partial charge in [-0.15, -0.1) is 0 Å². The van der Waals surface area contributed by atoms with Crippen molar-refractivity contribution in [3.8, 4) is 0 Å². The number of carboxylic acid groups (broad SMARTS) is 2. The third kappa shape index (κ3) is 7.45. The number of likely N-dealkylation sites (tertiary alicyclic amines) is 1. The first kappa shape index (κ1) is 26.3. The first-order valence-electron chi connectivity index (χ1n) is 9.84. The quantitative estimate of drug-likeness (QED) is 0.170. The van der Waals surface area contributed by atoms with E-state index < -0.39 is 72.5 Å². The Morgan fingerprint density at radius 2 is 1.68 bits per heavy atom. The van der Waals surface area contributed by atoms with E-state index in [4.69, 9.17) is 15.9 Å². The van der Waals surface area contributed by atoms with Crippen LogP contribution in [0.5, 0.6) is 0 Å². The zero-order valence-corrected chi connectivity index (χ0v) is 17.4. The Bertz CT molecular complexity index is 698. The fourth-order valence-electron chi connectivity index (χ4n) is 3.15. The zero-order valence-electron chi connectivity index (χ0n) is 17.4. The zero-order chi connectivity index (χ0) is 23.9. The number of nitrogens with one attached hydrogen (secondary N) is 2. The van der Waals surface area contributed by atoms with Crippen molar-refractivity contribution in [2.45, 2.75) is 75.9 Å². The Morgan fingerprint density at radius 3 is 2.16 bits per heavy atom. The van der Waals surface area contributed by atoms with Crippen molar-refractivity contribution < 1.29 is 44.4 Å². The van der Waals surface area contributed by atoms with E-state index in [1.165, 1.54) is 13.8 Å². The van der Waals surface area contributed by atoms with Gasteiger partial charge in [0.05, 0.1) is 12.2 Å². The Labute approximate surface area is 178 Å². The number of aliphatic hydroxyl groups is 2. The Balaban J connectivity index is 2.99. The largest absolute Gasteiger partial charge is 0.481 e. The van der Waals surface area contributed by atoms with E-state index in [-0.39, 0.29) is 19.4 Å². The lowest BCUT2D eigenvalue weighted by atomic mass is 10.1. The molecule has 1 saturated heterocycles. The highest BCUT2D eigenvalue weighted by molar-refractivity contribution is 5.94. The molecule has 1 aliphatic rings. The predicted molar refractivity (Wildman–Crippen MR) is 104 cm³/mol. The van der Waals surface area contributed by atoms with Gasteiger partial charge in [-0.05, 0) is 33.1 Å². The van der Waals surface area contributed by atoms with Gasteiger partial charge in [0, 0.05) is 13.0 Å². The van der Waals surface area contributed by atoms with Crippen LogP contribution < -0.4 is 16.4 Å². The van der Waals surface area contributed by atoms with Crippen molar-refractivity contribution in [3.05, 3.63) is 0 Å². The molecule has 31 heavy (non-hydrogen) atoms. The fraction of sp³-hybridized carbons (Fsp3) is 0.722. The summed E-state index contributed by atoms with van der Waals surface area (Å²) in [4.78, 5) is 61.1. The number of carboxylic acids is 2. The Morgan fingerprint density at radius 1 is 1.06 bits per heavy atom. The number of nitrogens with two attached hydrogens (primary N) is 1. The van der Waals surface area contributed by atoms with E-state index in [0.29, 0.717) is 6.42 Å². The molecule has 0 aromatic rings. The van der Waals surface area contributed by atoms with Gasteiger partial charge in [0.15, 0.2) is 6.04 Å². The molecule has 1 rings (SSSR count). The molecule has 0 aromatic carbocycles. The monoisotopic (exact) mass is 446 g/mol. The Hall–Kier alpha value is -2.77. The maximum atomic E-state index is 13.0. The second kappa shape index (κ2) is 11.6. The highest BCUT2D eigenvalue weighted by Gasteiger charge is 2.40. The molecule has 1 heterocycles. The first-order valence-corrected chi connectivity index (χ1v) is 9.84. The fourth-order valence-corrected chi connectivity index (χ4v) is 3.15. The molecule has 3 amide bonds. The van der Waals surface area contributed by atoms with Gasteiger partial charge in [-0.3, -0.25) is 19.2 Å². The molecule has 0 spiro atoms. The van der Waals surface area contributed by atoms with E-state index in [2.05, 4.69) is 10.6 Å². The average molecular weight is 446 g/mol. The van der Waals surface area contributed by atoms with Gasteiger partial charge in [-0.2, -0.15) is 0 Å². The van der Waals surface area contributed by atoms with Gasteiger partial charge in [0.1, 0.15) is 18.1 Å². The lowest BCUT2D eigenvalue weighted by Crippen LogP contribution is -2.58. The van der Waals surface area contributed by atoms with E-state index in [1.807, 2.05) is 0 Å². The third-order valence-electron chi connectivity index (χ3n) is 4.97. The first-order chi connectivity index (χ1) is 14.4. The molecular formula is C18H30N4O9. The molecule has 0 aromatic heterocycles. The predicted octanol–water partition coefficient (Wildman–Crippen LogP) is -3.01. The molecule has 6 unspecified atom stereocenters. The van der Waals surface area contributed by atoms with Crippen molar-refractivity contribution in [2.24, 2.45) is 5.73 Å². The van der Waals surface area contributed by atoms with Crippen LogP contribution in [0.4, 0.5) is 0 Å². The van der Waals surface area contributed by atoms with Crippen molar-refractivity contribution >= 4 is 29.7 Å². The van der Waals surface area contributed by atoms with Crippen molar-refractivity contribution in [1.29, 1.82) is 0 Å². The van der Waals surface area contributed by atoms with Gasteiger partial charge in [-0.25, -0.2) is 4.79 Å². The van der Waals surface area contributed by atoms with Crippen LogP contribution in [0.25, 0.3) is 0 Å². The minimum Gasteiger partial charge on any atom is -0.481 e. The SMILES string of the molecule is CC(O)C(N)C(=O)NC(CCC(=O)O)C(=O)N1CCCC1C(=O)NC(C(=O)O)C(C)O. The highest BCUT2D eigenvalue weighted by Crippen LogP contribution is 2.20. The number of carbonyl (C=O) groups excluding carboxylic acids is 3. The van der Waals surface area contributed by atoms with E-state index >= 15 is 0 Å². The average Bonchev–Trinajstić information content (AvgIpc) is 3.16. The van der Waals surface area contributed by atoms with Crippen LogP contribution >= 0.6 is 0 Å². The van der Waals surface area contributed by atoms with Crippen LogP contribution in [0.15, 0.2) is 0 Å². The molecular weight excluding hydrogens is 416 g/mol. The molecule has 1 fully saturated rings. The van der Waals surface area contributed by atoms with Gasteiger partial charge in [-0.1, -0.05) is 0 Å². The van der Waals surface area contributed by atoms with Crippen LogP contribution in [-0.4, -0.2) is 97.9 Å². The van der Waals surface area contributed by atoms with Gasteiger partial charge in [0.25, 0.3) is 0 Å². The summed E-state index contributed by atoms with van der Waals surface area (Å²) in [6, 6.07) is -5.28. The highest BCUT2D eigenvalue weighted by atomic mass is 16.4. The molecule has 176 valence electrons. The van der Waals surface area contributed by atoms with Gasteiger partial charge >= 0.3 is 11.9 Å². The van der Waals surface area contributed by atoms with Crippen LogP contribution in [0.1, 0.15) is 39.5 Å². The van der Waals surface area contributed by atoms with E-state index in [9.17, 15) is 34.2 Å². The second-order valence-electron chi connectivity index (χ2n) is 7.51. The number of nitrogens with zero attached hydrogens (tertiary/aromatic N) is 1. The number of aliphatic hydroxyl groups excluding tert-OH is 2. The molecule has 13 nitrogen and oxygen atoms in total. The number of amides is 3. The summed E-state index contributed by atoms with van der Waals surface area (Å²) >= 11 is 0. The molecule has 13 heteroatoms. The molecule has 0 bridgehead atoms. The standard InChI is InChI=1S/C18H30N4O9/c1-8(23)13(19)16(28)20-10(5-6-12(25)26)17(29)22-7-3-4-11(22)15(27)21-14(9(2)24)18(30)31/h8-11,13-14,23-24H,3-7,19H2,1-2H3,(H,20,28)(H,21,27)(H,25,26)(H,30,31).